The maximum absolute atomic E-state index is 6.22. The molecule has 0 radical (unpaired) electrons. The summed E-state index contributed by atoms with van der Waals surface area (Å²) in [5.41, 5.74) is 3.54. The zero-order valence-corrected chi connectivity index (χ0v) is 16.1. The Bertz CT molecular complexity index is 525. The Morgan fingerprint density at radius 2 is 1.70 bits per heavy atom. The number of hydrogen-bond donors (Lipinski definition) is 0. The van der Waals surface area contributed by atoms with Gasteiger partial charge in [0.1, 0.15) is 0 Å². The molecular formula is C14H11Cl4NZr. The molecule has 1 unspecified atom stereocenters. The minimum atomic E-state index is 0. The number of benzene rings is 1. The van der Waals surface area contributed by atoms with Gasteiger partial charge in [-0.15, -0.1) is 5.57 Å². The van der Waals surface area contributed by atoms with E-state index in [-0.39, 0.29) is 69.5 Å². The zero-order chi connectivity index (χ0) is 11.1. The smallest absolute Gasteiger partial charge is 1.00 e. The summed E-state index contributed by atoms with van der Waals surface area (Å²) in [4.78, 5) is 2.10. The average molecular weight is 426 g/mol. The molecule has 0 N–H and O–H groups in total. The van der Waals surface area contributed by atoms with E-state index in [2.05, 4.69) is 42.2 Å². The third-order valence-corrected chi connectivity index (χ3v) is 3.17. The van der Waals surface area contributed by atoms with Crippen molar-refractivity contribution in [2.75, 3.05) is 4.90 Å². The van der Waals surface area contributed by atoms with E-state index in [0.29, 0.717) is 5.16 Å². The van der Waals surface area contributed by atoms with Crippen molar-refractivity contribution in [2.24, 2.45) is 0 Å². The SMILES string of the molecule is CC1=CC2C(=C1)[C-]=C(Cl)N2c1ccccc1.[Cl-].[Cl-].[Cl-].[Zr+4]. The van der Waals surface area contributed by atoms with Crippen LogP contribution in [0, 0.1) is 6.08 Å². The summed E-state index contributed by atoms with van der Waals surface area (Å²) in [6.45, 7) is 2.10. The molecule has 1 aromatic carbocycles. The Hall–Kier alpha value is 0.283. The molecule has 0 saturated heterocycles. The normalized spacial score (nSPS) is 18.2. The van der Waals surface area contributed by atoms with Crippen LogP contribution >= 0.6 is 11.6 Å². The van der Waals surface area contributed by atoms with Crippen LogP contribution in [0.4, 0.5) is 5.69 Å². The fourth-order valence-corrected chi connectivity index (χ4v) is 2.52. The largest absolute Gasteiger partial charge is 4.00 e. The van der Waals surface area contributed by atoms with Crippen LogP contribution in [0.5, 0.6) is 0 Å². The Morgan fingerprint density at radius 1 is 1.10 bits per heavy atom. The standard InChI is InChI=1S/C14H11ClN.3ClH.Zr/c1-10-7-11-9-14(15)16(13(11)8-10)12-5-3-2-4-6-12;;;;/h2-8,13H,1H3;3*1H;/q-1;;;;+4/p-3. The molecule has 1 atom stereocenters. The molecule has 1 aliphatic carbocycles. The van der Waals surface area contributed by atoms with Crippen molar-refractivity contribution in [3.8, 4) is 0 Å². The monoisotopic (exact) mass is 423 g/mol. The van der Waals surface area contributed by atoms with Crippen molar-refractivity contribution >= 4 is 17.3 Å². The first-order valence-corrected chi connectivity index (χ1v) is 5.67. The van der Waals surface area contributed by atoms with Crippen LogP contribution in [0.3, 0.4) is 0 Å². The maximum atomic E-state index is 6.22. The number of rotatable bonds is 1. The first kappa shape index (κ1) is 22.6. The van der Waals surface area contributed by atoms with Crippen molar-refractivity contribution in [3.05, 3.63) is 64.9 Å². The third-order valence-electron chi connectivity index (χ3n) is 2.89. The molecule has 3 rings (SSSR count). The molecule has 0 fully saturated rings. The molecule has 1 nitrogen and oxygen atoms in total. The van der Waals surface area contributed by atoms with Crippen LogP contribution < -0.4 is 42.1 Å². The molecule has 0 aromatic heterocycles. The summed E-state index contributed by atoms with van der Waals surface area (Å²) in [5, 5.41) is 0.672. The molecule has 0 spiro atoms. The van der Waals surface area contributed by atoms with E-state index in [1.54, 1.807) is 0 Å². The fraction of sp³-hybridized carbons (Fsp3) is 0.143. The number of fused-ring (bicyclic) bond motifs is 1. The molecule has 1 aliphatic heterocycles. The number of allylic oxidation sites excluding steroid dienone is 2. The molecule has 20 heavy (non-hydrogen) atoms. The molecular weight excluding hydrogens is 415 g/mol. The van der Waals surface area contributed by atoms with Crippen LogP contribution in [-0.2, 0) is 26.2 Å². The molecule has 0 saturated carbocycles. The third kappa shape index (κ3) is 4.15. The van der Waals surface area contributed by atoms with E-state index in [9.17, 15) is 0 Å². The zero-order valence-electron chi connectivity index (χ0n) is 10.6. The van der Waals surface area contributed by atoms with E-state index in [1.807, 2.05) is 18.2 Å². The first-order valence-electron chi connectivity index (χ1n) is 5.29. The van der Waals surface area contributed by atoms with Gasteiger partial charge in [0.05, 0.1) is 0 Å². The quantitative estimate of drug-likeness (QED) is 0.321. The van der Waals surface area contributed by atoms with Crippen molar-refractivity contribution in [1.29, 1.82) is 0 Å². The van der Waals surface area contributed by atoms with Gasteiger partial charge in [-0.25, -0.2) is 12.2 Å². The maximum Gasteiger partial charge on any atom is 4.00 e. The van der Waals surface area contributed by atoms with Crippen molar-refractivity contribution in [1.82, 2.24) is 0 Å². The van der Waals surface area contributed by atoms with Crippen molar-refractivity contribution in [3.63, 3.8) is 0 Å². The number of anilines is 1. The van der Waals surface area contributed by atoms with Gasteiger partial charge in [-0.05, 0) is 12.1 Å². The van der Waals surface area contributed by atoms with Gasteiger partial charge in [-0.3, -0.25) is 0 Å². The van der Waals surface area contributed by atoms with Crippen LogP contribution in [-0.4, -0.2) is 6.04 Å². The van der Waals surface area contributed by atoms with E-state index >= 15 is 0 Å². The molecule has 0 bridgehead atoms. The van der Waals surface area contributed by atoms with Crippen LogP contribution in [0.15, 0.2) is 58.8 Å². The Labute approximate surface area is 162 Å². The minimum Gasteiger partial charge on any atom is -1.00 e. The topological polar surface area (TPSA) is 3.24 Å². The summed E-state index contributed by atoms with van der Waals surface area (Å²) in [6.07, 6.45) is 7.56. The number of para-hydroxylation sites is 1. The van der Waals surface area contributed by atoms with Gasteiger partial charge < -0.3 is 42.1 Å². The van der Waals surface area contributed by atoms with E-state index < -0.39 is 0 Å². The Balaban J connectivity index is 0. The minimum absolute atomic E-state index is 0. The summed E-state index contributed by atoms with van der Waals surface area (Å²) in [5.74, 6) is 0. The van der Waals surface area contributed by atoms with Gasteiger partial charge in [0.2, 0.25) is 0 Å². The second kappa shape index (κ2) is 9.33. The van der Waals surface area contributed by atoms with Gasteiger partial charge in [0, 0.05) is 16.9 Å². The molecule has 0 amide bonds. The predicted molar refractivity (Wildman–Crippen MR) is 67.2 cm³/mol. The molecule has 104 valence electrons. The van der Waals surface area contributed by atoms with Crippen LogP contribution in [0.2, 0.25) is 0 Å². The van der Waals surface area contributed by atoms with E-state index in [0.717, 1.165) is 11.3 Å². The number of nitrogens with zero attached hydrogens (tertiary/aromatic N) is 1. The van der Waals surface area contributed by atoms with Gasteiger partial charge in [-0.1, -0.05) is 42.8 Å². The van der Waals surface area contributed by atoms with Crippen LogP contribution in [0.1, 0.15) is 6.92 Å². The van der Waals surface area contributed by atoms with Gasteiger partial charge in [-0.2, -0.15) is 5.57 Å². The number of hydrogen-bond acceptors (Lipinski definition) is 1. The summed E-state index contributed by atoms with van der Waals surface area (Å²) in [6, 6.07) is 10.4. The Kier molecular flexibility index (Phi) is 10.5. The summed E-state index contributed by atoms with van der Waals surface area (Å²) < 4.78 is 0. The summed E-state index contributed by atoms with van der Waals surface area (Å²) in [7, 11) is 0. The van der Waals surface area contributed by atoms with E-state index in [1.165, 1.54) is 5.57 Å². The first-order chi connectivity index (χ1) is 7.75. The second-order valence-electron chi connectivity index (χ2n) is 4.08. The number of halogens is 4. The van der Waals surface area contributed by atoms with Gasteiger partial charge >= 0.3 is 26.2 Å². The van der Waals surface area contributed by atoms with Gasteiger partial charge in [0.15, 0.2) is 0 Å². The van der Waals surface area contributed by atoms with Gasteiger partial charge in [0.25, 0.3) is 0 Å². The van der Waals surface area contributed by atoms with E-state index in [4.69, 9.17) is 11.6 Å². The van der Waals surface area contributed by atoms with Crippen molar-refractivity contribution < 1.29 is 63.4 Å². The van der Waals surface area contributed by atoms with Crippen LogP contribution in [0.25, 0.3) is 0 Å². The fourth-order valence-electron chi connectivity index (χ4n) is 2.21. The summed E-state index contributed by atoms with van der Waals surface area (Å²) >= 11 is 6.22. The van der Waals surface area contributed by atoms with Crippen molar-refractivity contribution in [2.45, 2.75) is 13.0 Å². The second-order valence-corrected chi connectivity index (χ2v) is 4.43. The average Bonchev–Trinajstić information content (AvgIpc) is 2.74. The predicted octanol–water partition coefficient (Wildman–Crippen LogP) is -5.35. The molecule has 1 aromatic rings. The molecule has 6 heteroatoms. The Morgan fingerprint density at radius 3 is 2.30 bits per heavy atom. The molecule has 1 heterocycles. The molecule has 2 aliphatic rings.